The number of carbonyl (C=O) groups is 1. The first-order chi connectivity index (χ1) is 10.6. The van der Waals surface area contributed by atoms with Crippen LogP contribution in [0.2, 0.25) is 10.0 Å². The van der Waals surface area contributed by atoms with Gasteiger partial charge in [0.25, 0.3) is 0 Å². The van der Waals surface area contributed by atoms with Crippen LogP contribution in [0, 0.1) is 0 Å². The van der Waals surface area contributed by atoms with Gasteiger partial charge in [0.05, 0.1) is 10.0 Å². The van der Waals surface area contributed by atoms with Gasteiger partial charge in [-0.05, 0) is 30.5 Å². The molecular weight excluding hydrogens is 323 g/mol. The van der Waals surface area contributed by atoms with Gasteiger partial charge >= 0.3 is 0 Å². The van der Waals surface area contributed by atoms with Gasteiger partial charge in [-0.3, -0.25) is 9.69 Å². The zero-order valence-corrected chi connectivity index (χ0v) is 14.1. The first-order valence-corrected chi connectivity index (χ1v) is 8.40. The largest absolute Gasteiger partial charge is 0.396 e. The quantitative estimate of drug-likeness (QED) is 0.788. The van der Waals surface area contributed by atoms with E-state index in [1.807, 2.05) is 17.0 Å². The van der Waals surface area contributed by atoms with Gasteiger partial charge in [0.15, 0.2) is 0 Å². The van der Waals surface area contributed by atoms with Crippen molar-refractivity contribution in [1.29, 1.82) is 0 Å². The standard InChI is InChI=1S/C16H22Cl2N2O2/c17-14-5-4-13(11-15(14)18)12-19(6-2-10-21)8-9-20-7-1-3-16(20)22/h4-5,11,21H,1-3,6-10,12H2. The molecule has 0 aliphatic carbocycles. The molecule has 6 heteroatoms. The summed E-state index contributed by atoms with van der Waals surface area (Å²) in [5, 5.41) is 10.2. The molecule has 1 amide bonds. The van der Waals surface area contributed by atoms with Crippen molar-refractivity contribution in [3.05, 3.63) is 33.8 Å². The van der Waals surface area contributed by atoms with Crippen molar-refractivity contribution in [2.75, 3.05) is 32.8 Å². The highest BCUT2D eigenvalue weighted by molar-refractivity contribution is 6.42. The van der Waals surface area contributed by atoms with Crippen LogP contribution in [0.3, 0.4) is 0 Å². The van der Waals surface area contributed by atoms with Crippen molar-refractivity contribution < 1.29 is 9.90 Å². The van der Waals surface area contributed by atoms with Crippen molar-refractivity contribution in [3.8, 4) is 0 Å². The molecule has 1 aromatic rings. The lowest BCUT2D eigenvalue weighted by atomic mass is 10.2. The average Bonchev–Trinajstić information content (AvgIpc) is 2.91. The van der Waals surface area contributed by atoms with E-state index in [2.05, 4.69) is 4.90 Å². The van der Waals surface area contributed by atoms with Gasteiger partial charge in [0, 0.05) is 45.8 Å². The third-order valence-electron chi connectivity index (χ3n) is 3.88. The highest BCUT2D eigenvalue weighted by Gasteiger charge is 2.20. The number of halogens is 2. The van der Waals surface area contributed by atoms with Crippen LogP contribution in [0.5, 0.6) is 0 Å². The number of nitrogens with zero attached hydrogens (tertiary/aromatic N) is 2. The van der Waals surface area contributed by atoms with Crippen LogP contribution in [0.4, 0.5) is 0 Å². The van der Waals surface area contributed by atoms with Crippen molar-refractivity contribution in [2.45, 2.75) is 25.8 Å². The van der Waals surface area contributed by atoms with E-state index in [1.54, 1.807) is 6.07 Å². The lowest BCUT2D eigenvalue weighted by Crippen LogP contribution is -2.36. The third kappa shape index (κ3) is 5.13. The van der Waals surface area contributed by atoms with Crippen LogP contribution in [0.1, 0.15) is 24.8 Å². The van der Waals surface area contributed by atoms with Crippen molar-refractivity contribution >= 4 is 29.1 Å². The number of carbonyl (C=O) groups excluding carboxylic acids is 1. The van der Waals surface area contributed by atoms with E-state index in [0.29, 0.717) is 16.5 Å². The maximum Gasteiger partial charge on any atom is 0.222 e. The van der Waals surface area contributed by atoms with E-state index in [4.69, 9.17) is 28.3 Å². The Morgan fingerprint density at radius 2 is 2.05 bits per heavy atom. The molecular formula is C16H22Cl2N2O2. The molecule has 2 rings (SSSR count). The molecule has 4 nitrogen and oxygen atoms in total. The number of aliphatic hydroxyl groups is 1. The fraction of sp³-hybridized carbons (Fsp3) is 0.562. The van der Waals surface area contributed by atoms with E-state index in [-0.39, 0.29) is 12.5 Å². The van der Waals surface area contributed by atoms with Crippen molar-refractivity contribution in [1.82, 2.24) is 9.80 Å². The summed E-state index contributed by atoms with van der Waals surface area (Å²) < 4.78 is 0. The Bertz CT molecular complexity index is 511. The number of aliphatic hydroxyl groups excluding tert-OH is 1. The fourth-order valence-corrected chi connectivity index (χ4v) is 2.98. The Morgan fingerprint density at radius 1 is 1.23 bits per heavy atom. The van der Waals surface area contributed by atoms with Crippen molar-refractivity contribution in [3.63, 3.8) is 0 Å². The molecule has 0 aromatic heterocycles. The summed E-state index contributed by atoms with van der Waals surface area (Å²) in [7, 11) is 0. The summed E-state index contributed by atoms with van der Waals surface area (Å²) in [6, 6.07) is 5.63. The molecule has 1 saturated heterocycles. The summed E-state index contributed by atoms with van der Waals surface area (Å²) in [5.41, 5.74) is 1.08. The zero-order valence-electron chi connectivity index (χ0n) is 12.6. The Morgan fingerprint density at radius 3 is 2.68 bits per heavy atom. The predicted molar refractivity (Wildman–Crippen MR) is 89.3 cm³/mol. The summed E-state index contributed by atoms with van der Waals surface area (Å²) in [6.07, 6.45) is 2.35. The number of amides is 1. The van der Waals surface area contributed by atoms with E-state index in [9.17, 15) is 4.79 Å². The van der Waals surface area contributed by atoms with Gasteiger partial charge in [0.2, 0.25) is 5.91 Å². The number of likely N-dealkylation sites (tertiary alicyclic amines) is 1. The van der Waals surface area contributed by atoms with Gasteiger partial charge in [-0.1, -0.05) is 29.3 Å². The Labute approximate surface area is 141 Å². The van der Waals surface area contributed by atoms with Crippen LogP contribution >= 0.6 is 23.2 Å². The monoisotopic (exact) mass is 344 g/mol. The minimum absolute atomic E-state index is 0.167. The number of benzene rings is 1. The van der Waals surface area contributed by atoms with E-state index >= 15 is 0 Å². The number of hydrogen-bond acceptors (Lipinski definition) is 3. The normalized spacial score (nSPS) is 15.1. The summed E-state index contributed by atoms with van der Waals surface area (Å²) >= 11 is 12.0. The SMILES string of the molecule is O=C1CCCN1CCN(CCCO)Cc1ccc(Cl)c(Cl)c1. The number of rotatable bonds is 8. The minimum Gasteiger partial charge on any atom is -0.396 e. The molecule has 22 heavy (non-hydrogen) atoms. The second-order valence-electron chi connectivity index (χ2n) is 5.59. The Hall–Kier alpha value is -0.810. The molecule has 0 unspecified atom stereocenters. The summed E-state index contributed by atoms with van der Waals surface area (Å²) in [5.74, 6) is 0.247. The van der Waals surface area contributed by atoms with Crippen LogP contribution in [-0.4, -0.2) is 53.6 Å². The van der Waals surface area contributed by atoms with Gasteiger partial charge in [-0.25, -0.2) is 0 Å². The van der Waals surface area contributed by atoms with Crippen LogP contribution in [-0.2, 0) is 11.3 Å². The number of hydrogen-bond donors (Lipinski definition) is 1. The van der Waals surface area contributed by atoms with Gasteiger partial charge in [-0.15, -0.1) is 0 Å². The molecule has 1 aliphatic rings. The van der Waals surface area contributed by atoms with Crippen molar-refractivity contribution in [2.24, 2.45) is 0 Å². The van der Waals surface area contributed by atoms with Crippen LogP contribution in [0.15, 0.2) is 18.2 Å². The second-order valence-corrected chi connectivity index (χ2v) is 6.40. The summed E-state index contributed by atoms with van der Waals surface area (Å²) in [6.45, 7) is 4.09. The molecule has 0 spiro atoms. The Balaban J connectivity index is 1.92. The van der Waals surface area contributed by atoms with E-state index in [0.717, 1.165) is 51.1 Å². The highest BCUT2D eigenvalue weighted by atomic mass is 35.5. The molecule has 0 atom stereocenters. The van der Waals surface area contributed by atoms with Gasteiger partial charge < -0.3 is 10.0 Å². The lowest BCUT2D eigenvalue weighted by molar-refractivity contribution is -0.127. The maximum absolute atomic E-state index is 11.7. The zero-order chi connectivity index (χ0) is 15.9. The lowest BCUT2D eigenvalue weighted by Gasteiger charge is -2.25. The Kier molecular flexibility index (Phi) is 6.96. The molecule has 0 saturated carbocycles. The molecule has 1 heterocycles. The van der Waals surface area contributed by atoms with Crippen LogP contribution in [0.25, 0.3) is 0 Å². The predicted octanol–water partition coefficient (Wildman–Crippen LogP) is 2.80. The van der Waals surface area contributed by atoms with E-state index in [1.165, 1.54) is 0 Å². The molecule has 1 aromatic carbocycles. The summed E-state index contributed by atoms with van der Waals surface area (Å²) in [4.78, 5) is 15.8. The van der Waals surface area contributed by atoms with Crippen LogP contribution < -0.4 is 0 Å². The first-order valence-electron chi connectivity index (χ1n) is 7.65. The maximum atomic E-state index is 11.7. The highest BCUT2D eigenvalue weighted by Crippen LogP contribution is 2.23. The third-order valence-corrected chi connectivity index (χ3v) is 4.62. The van der Waals surface area contributed by atoms with E-state index < -0.39 is 0 Å². The van der Waals surface area contributed by atoms with Gasteiger partial charge in [0.1, 0.15) is 0 Å². The molecule has 0 bridgehead atoms. The molecule has 1 aliphatic heterocycles. The smallest absolute Gasteiger partial charge is 0.222 e. The molecule has 0 radical (unpaired) electrons. The molecule has 1 fully saturated rings. The topological polar surface area (TPSA) is 43.8 Å². The minimum atomic E-state index is 0.167. The first kappa shape index (κ1) is 17.5. The fourth-order valence-electron chi connectivity index (χ4n) is 2.66. The molecule has 1 N–H and O–H groups in total. The average molecular weight is 345 g/mol. The second kappa shape index (κ2) is 8.73. The molecule has 122 valence electrons. The van der Waals surface area contributed by atoms with Gasteiger partial charge in [-0.2, -0.15) is 0 Å².